The minimum Gasteiger partial charge on any atom is -0.493 e. The third-order valence-corrected chi connectivity index (χ3v) is 3.35. The predicted octanol–water partition coefficient (Wildman–Crippen LogP) is 3.76. The van der Waals surface area contributed by atoms with E-state index in [0.29, 0.717) is 5.75 Å². The third kappa shape index (κ3) is 4.52. The fourth-order valence-corrected chi connectivity index (χ4v) is 2.15. The van der Waals surface area contributed by atoms with E-state index in [9.17, 15) is 19.3 Å². The summed E-state index contributed by atoms with van der Waals surface area (Å²) in [5.41, 5.74) is 1.55. The van der Waals surface area contributed by atoms with Crippen LogP contribution in [0, 0.1) is 29.8 Å². The number of amides is 1. The highest BCUT2D eigenvalue weighted by Gasteiger charge is 2.13. The highest BCUT2D eigenvalue weighted by molar-refractivity contribution is 5.91. The van der Waals surface area contributed by atoms with Crippen molar-refractivity contribution in [2.75, 3.05) is 11.9 Å². The number of nitro groups is 1. The van der Waals surface area contributed by atoms with E-state index < -0.39 is 16.6 Å². The molecule has 0 unspecified atom stereocenters. The Morgan fingerprint density at radius 3 is 2.67 bits per heavy atom. The van der Waals surface area contributed by atoms with Crippen LogP contribution < -0.4 is 10.1 Å². The van der Waals surface area contributed by atoms with Crippen molar-refractivity contribution in [3.8, 4) is 5.75 Å². The molecule has 0 radical (unpaired) electrons. The summed E-state index contributed by atoms with van der Waals surface area (Å²) < 4.78 is 19.1. The maximum absolute atomic E-state index is 13.6. The number of halogens is 1. The number of nitrogens with zero attached hydrogens (tertiary/aromatic N) is 1. The molecule has 0 atom stereocenters. The molecule has 24 heavy (non-hydrogen) atoms. The van der Waals surface area contributed by atoms with Gasteiger partial charge < -0.3 is 10.1 Å². The van der Waals surface area contributed by atoms with E-state index in [1.807, 2.05) is 32.0 Å². The molecule has 1 amide bonds. The molecule has 0 saturated carbocycles. The first kappa shape index (κ1) is 17.4. The minimum absolute atomic E-state index is 0.00452. The number of aryl methyl sites for hydroxylation is 2. The fraction of sp³-hybridized carbons (Fsp3) is 0.235. The van der Waals surface area contributed by atoms with Crippen molar-refractivity contribution in [3.63, 3.8) is 0 Å². The van der Waals surface area contributed by atoms with Gasteiger partial charge in [-0.25, -0.2) is 4.39 Å². The largest absolute Gasteiger partial charge is 0.493 e. The molecule has 0 fully saturated rings. The monoisotopic (exact) mass is 332 g/mol. The van der Waals surface area contributed by atoms with Crippen LogP contribution in [-0.4, -0.2) is 17.4 Å². The molecule has 0 saturated heterocycles. The second-order valence-electron chi connectivity index (χ2n) is 5.34. The number of hydrogen-bond donors (Lipinski definition) is 1. The molecule has 0 aliphatic carbocycles. The van der Waals surface area contributed by atoms with Crippen LogP contribution in [0.2, 0.25) is 0 Å². The molecule has 0 aliphatic heterocycles. The van der Waals surface area contributed by atoms with Gasteiger partial charge in [-0.05, 0) is 31.5 Å². The number of nitro benzene ring substituents is 1. The molecule has 0 heterocycles. The number of rotatable bonds is 6. The van der Waals surface area contributed by atoms with E-state index in [1.54, 1.807) is 0 Å². The molecule has 0 aromatic heterocycles. The molecule has 126 valence electrons. The molecular weight excluding hydrogens is 315 g/mol. The van der Waals surface area contributed by atoms with Crippen molar-refractivity contribution in [2.24, 2.45) is 0 Å². The molecule has 1 N–H and O–H groups in total. The van der Waals surface area contributed by atoms with Gasteiger partial charge in [0.1, 0.15) is 11.6 Å². The first-order valence-electron chi connectivity index (χ1n) is 7.30. The normalized spacial score (nSPS) is 10.3. The molecule has 2 rings (SSSR count). The van der Waals surface area contributed by atoms with Crippen LogP contribution in [0.1, 0.15) is 17.5 Å². The zero-order valence-electron chi connectivity index (χ0n) is 13.3. The maximum atomic E-state index is 13.6. The van der Waals surface area contributed by atoms with Crippen LogP contribution in [0.5, 0.6) is 5.75 Å². The lowest BCUT2D eigenvalue weighted by atomic mass is 10.1. The first-order chi connectivity index (χ1) is 11.4. The number of nitrogens with one attached hydrogen (secondary N) is 1. The third-order valence-electron chi connectivity index (χ3n) is 3.35. The first-order valence-corrected chi connectivity index (χ1v) is 7.30. The Morgan fingerprint density at radius 2 is 2.00 bits per heavy atom. The number of hydrogen-bond acceptors (Lipinski definition) is 4. The quantitative estimate of drug-likeness (QED) is 0.645. The Morgan fingerprint density at radius 1 is 1.25 bits per heavy atom. The van der Waals surface area contributed by atoms with Gasteiger partial charge >= 0.3 is 0 Å². The summed E-state index contributed by atoms with van der Waals surface area (Å²) in [5, 5.41) is 13.0. The van der Waals surface area contributed by atoms with Gasteiger partial charge in [0.2, 0.25) is 5.91 Å². The Balaban J connectivity index is 1.92. The lowest BCUT2D eigenvalue weighted by Crippen LogP contribution is -2.16. The number of anilines is 1. The zero-order valence-corrected chi connectivity index (χ0v) is 13.3. The maximum Gasteiger partial charge on any atom is 0.271 e. The number of benzene rings is 2. The second-order valence-corrected chi connectivity index (χ2v) is 5.34. The number of non-ortho nitro benzene ring substituents is 1. The van der Waals surface area contributed by atoms with Gasteiger partial charge in [0.25, 0.3) is 5.69 Å². The Labute approximate surface area is 138 Å². The average molecular weight is 332 g/mol. The Bertz CT molecular complexity index is 777. The second kappa shape index (κ2) is 7.54. The Hall–Kier alpha value is -2.96. The van der Waals surface area contributed by atoms with E-state index in [0.717, 1.165) is 29.3 Å². The topological polar surface area (TPSA) is 81.5 Å². The van der Waals surface area contributed by atoms with Gasteiger partial charge in [-0.15, -0.1) is 0 Å². The molecule has 2 aromatic rings. The van der Waals surface area contributed by atoms with Crippen molar-refractivity contribution >= 4 is 17.3 Å². The highest BCUT2D eigenvalue weighted by atomic mass is 19.1. The van der Waals surface area contributed by atoms with E-state index in [4.69, 9.17) is 4.74 Å². The van der Waals surface area contributed by atoms with Crippen LogP contribution in [0.25, 0.3) is 0 Å². The summed E-state index contributed by atoms with van der Waals surface area (Å²) in [5.74, 6) is -0.543. The summed E-state index contributed by atoms with van der Waals surface area (Å²) in [7, 11) is 0. The van der Waals surface area contributed by atoms with Crippen molar-refractivity contribution in [2.45, 2.75) is 20.3 Å². The van der Waals surface area contributed by atoms with Crippen molar-refractivity contribution in [1.82, 2.24) is 0 Å². The molecule has 0 aliphatic rings. The van der Waals surface area contributed by atoms with Gasteiger partial charge in [0.05, 0.1) is 23.6 Å². The highest BCUT2D eigenvalue weighted by Crippen LogP contribution is 2.22. The SMILES string of the molecule is Cc1ccc(OCCC(=O)Nc2cc([N+](=O)[O-])ccc2F)c(C)c1. The lowest BCUT2D eigenvalue weighted by Gasteiger charge is -2.10. The smallest absolute Gasteiger partial charge is 0.271 e. The summed E-state index contributed by atoms with van der Waals surface area (Å²) in [6.45, 7) is 3.99. The average Bonchev–Trinajstić information content (AvgIpc) is 2.51. The molecular formula is C17H17FN2O4. The van der Waals surface area contributed by atoms with Crippen molar-refractivity contribution in [1.29, 1.82) is 0 Å². The van der Waals surface area contributed by atoms with Gasteiger partial charge in [-0.1, -0.05) is 17.7 Å². The van der Waals surface area contributed by atoms with Gasteiger partial charge in [0, 0.05) is 12.1 Å². The van der Waals surface area contributed by atoms with E-state index in [-0.39, 0.29) is 24.4 Å². The van der Waals surface area contributed by atoms with Crippen LogP contribution in [0.3, 0.4) is 0 Å². The van der Waals surface area contributed by atoms with E-state index in [2.05, 4.69) is 5.32 Å². The molecule has 6 nitrogen and oxygen atoms in total. The van der Waals surface area contributed by atoms with E-state index in [1.165, 1.54) is 0 Å². The summed E-state index contributed by atoms with van der Waals surface area (Å²) >= 11 is 0. The van der Waals surface area contributed by atoms with Gasteiger partial charge in [0.15, 0.2) is 0 Å². The standard InChI is InChI=1S/C17H17FN2O4/c1-11-3-6-16(12(2)9-11)24-8-7-17(21)19-15-10-13(20(22)23)4-5-14(15)18/h3-6,9-10H,7-8H2,1-2H3,(H,19,21). The fourth-order valence-electron chi connectivity index (χ4n) is 2.15. The van der Waals surface area contributed by atoms with E-state index >= 15 is 0 Å². The molecule has 2 aromatic carbocycles. The van der Waals surface area contributed by atoms with Crippen LogP contribution in [0.15, 0.2) is 36.4 Å². The minimum atomic E-state index is -0.732. The van der Waals surface area contributed by atoms with Crippen molar-refractivity contribution < 1.29 is 18.8 Å². The molecule has 0 bridgehead atoms. The van der Waals surface area contributed by atoms with Gasteiger partial charge in [-0.3, -0.25) is 14.9 Å². The number of ether oxygens (including phenoxy) is 1. The molecule has 0 spiro atoms. The van der Waals surface area contributed by atoms with Crippen LogP contribution in [-0.2, 0) is 4.79 Å². The van der Waals surface area contributed by atoms with Crippen molar-refractivity contribution in [3.05, 3.63) is 63.5 Å². The van der Waals surface area contributed by atoms with Crippen LogP contribution >= 0.6 is 0 Å². The number of carbonyl (C=O) groups excluding carboxylic acids is 1. The summed E-state index contributed by atoms with van der Waals surface area (Å²) in [6, 6.07) is 8.66. The molecule has 7 heteroatoms. The van der Waals surface area contributed by atoms with Crippen LogP contribution in [0.4, 0.5) is 15.8 Å². The van der Waals surface area contributed by atoms with Gasteiger partial charge in [-0.2, -0.15) is 0 Å². The Kier molecular flexibility index (Phi) is 5.47. The summed E-state index contributed by atoms with van der Waals surface area (Å²) in [6.07, 6.45) is -0.00452. The lowest BCUT2D eigenvalue weighted by molar-refractivity contribution is -0.384. The number of carbonyl (C=O) groups is 1. The zero-order chi connectivity index (χ0) is 17.7. The predicted molar refractivity (Wildman–Crippen MR) is 87.7 cm³/mol. The summed E-state index contributed by atoms with van der Waals surface area (Å²) in [4.78, 5) is 21.9.